The number of alkyl halides is 2. The molecule has 8 nitrogen and oxygen atoms in total. The fourth-order valence-corrected chi connectivity index (χ4v) is 2.88. The normalized spacial score (nSPS) is 11.5. The Kier molecular flexibility index (Phi) is 5.40. The Morgan fingerprint density at radius 3 is 2.66 bits per heavy atom. The number of ether oxygens (including phenoxy) is 2. The first-order valence-electron chi connectivity index (χ1n) is 8.20. The van der Waals surface area contributed by atoms with Gasteiger partial charge in [0.1, 0.15) is 6.07 Å². The highest BCUT2D eigenvalue weighted by atomic mass is 19.3. The van der Waals surface area contributed by atoms with Crippen molar-refractivity contribution in [1.29, 1.82) is 5.26 Å². The molecule has 1 heterocycles. The van der Waals surface area contributed by atoms with E-state index in [4.69, 9.17) is 4.74 Å². The van der Waals surface area contributed by atoms with Gasteiger partial charge in [0.25, 0.3) is 5.69 Å². The predicted molar refractivity (Wildman–Crippen MR) is 100 cm³/mol. The van der Waals surface area contributed by atoms with Crippen LogP contribution in [0.25, 0.3) is 22.7 Å². The zero-order valence-electron chi connectivity index (χ0n) is 15.3. The second-order valence-corrected chi connectivity index (χ2v) is 5.85. The minimum absolute atomic E-state index is 0.0166. The van der Waals surface area contributed by atoms with E-state index in [9.17, 15) is 24.2 Å². The average molecular weight is 400 g/mol. The summed E-state index contributed by atoms with van der Waals surface area (Å²) in [6.07, 6.45) is 1.26. The Morgan fingerprint density at radius 2 is 2.07 bits per heavy atom. The molecule has 0 aliphatic heterocycles. The molecule has 0 saturated heterocycles. The molecular weight excluding hydrogens is 386 g/mol. The first kappa shape index (κ1) is 19.8. The third kappa shape index (κ3) is 3.84. The van der Waals surface area contributed by atoms with Gasteiger partial charge >= 0.3 is 6.61 Å². The molecule has 0 N–H and O–H groups in total. The molecule has 0 amide bonds. The van der Waals surface area contributed by atoms with Crippen LogP contribution in [0.3, 0.4) is 0 Å². The number of nitro groups is 1. The maximum Gasteiger partial charge on any atom is 0.387 e. The second-order valence-electron chi connectivity index (χ2n) is 5.85. The number of aryl methyl sites for hydroxylation is 1. The molecule has 2 aromatic carbocycles. The van der Waals surface area contributed by atoms with E-state index in [2.05, 4.69) is 9.72 Å². The van der Waals surface area contributed by atoms with Gasteiger partial charge in [0.15, 0.2) is 17.3 Å². The predicted octanol–water partition coefficient (Wildman–Crippen LogP) is 4.16. The van der Waals surface area contributed by atoms with E-state index in [0.29, 0.717) is 11.3 Å². The Hall–Kier alpha value is -4.00. The lowest BCUT2D eigenvalue weighted by Crippen LogP contribution is -2.05. The third-order valence-electron chi connectivity index (χ3n) is 4.17. The van der Waals surface area contributed by atoms with Crippen molar-refractivity contribution in [1.82, 2.24) is 9.55 Å². The fourth-order valence-electron chi connectivity index (χ4n) is 2.88. The van der Waals surface area contributed by atoms with Gasteiger partial charge in [-0.2, -0.15) is 14.0 Å². The molecule has 0 aliphatic carbocycles. The number of para-hydroxylation sites is 2. The number of nitriles is 1. The molecule has 29 heavy (non-hydrogen) atoms. The number of hydrogen-bond donors (Lipinski definition) is 0. The molecule has 0 aliphatic rings. The third-order valence-corrected chi connectivity index (χ3v) is 4.17. The maximum atomic E-state index is 12.6. The van der Waals surface area contributed by atoms with Crippen molar-refractivity contribution in [3.8, 4) is 17.6 Å². The SMILES string of the molecule is COc1cc(/C=C(\C#N)c2nc3ccccc3n2C)c([N+](=O)[O-])cc1OC(F)F. The number of rotatable bonds is 6. The first-order valence-corrected chi connectivity index (χ1v) is 8.20. The second kappa shape index (κ2) is 7.93. The number of methoxy groups -OCH3 is 1. The molecule has 0 bridgehead atoms. The topological polar surface area (TPSA) is 103 Å². The number of aromatic nitrogens is 2. The Balaban J connectivity index is 2.19. The highest BCUT2D eigenvalue weighted by Crippen LogP contribution is 2.37. The van der Waals surface area contributed by atoms with Crippen molar-refractivity contribution >= 4 is 28.4 Å². The van der Waals surface area contributed by atoms with Crippen molar-refractivity contribution in [3.63, 3.8) is 0 Å². The molecule has 0 radical (unpaired) electrons. The van der Waals surface area contributed by atoms with Crippen LogP contribution in [-0.2, 0) is 7.05 Å². The number of benzene rings is 2. The van der Waals surface area contributed by atoms with Crippen LogP contribution < -0.4 is 9.47 Å². The minimum Gasteiger partial charge on any atom is -0.493 e. The van der Waals surface area contributed by atoms with E-state index in [-0.39, 0.29) is 16.9 Å². The van der Waals surface area contributed by atoms with Crippen molar-refractivity contribution in [2.24, 2.45) is 7.05 Å². The van der Waals surface area contributed by atoms with Crippen LogP contribution in [0.15, 0.2) is 36.4 Å². The highest BCUT2D eigenvalue weighted by molar-refractivity contribution is 5.92. The Bertz CT molecular complexity index is 1160. The molecule has 0 unspecified atom stereocenters. The van der Waals surface area contributed by atoms with Gasteiger partial charge in [-0.3, -0.25) is 10.1 Å². The Morgan fingerprint density at radius 1 is 1.34 bits per heavy atom. The zero-order valence-corrected chi connectivity index (χ0v) is 15.3. The zero-order chi connectivity index (χ0) is 21.1. The minimum atomic E-state index is -3.18. The van der Waals surface area contributed by atoms with Crippen LogP contribution in [0, 0.1) is 21.4 Å². The summed E-state index contributed by atoms with van der Waals surface area (Å²) in [5.41, 5.74) is 0.941. The molecule has 3 aromatic rings. The van der Waals surface area contributed by atoms with E-state index < -0.39 is 23.0 Å². The summed E-state index contributed by atoms with van der Waals surface area (Å²) < 4.78 is 36.2. The number of imidazole rings is 1. The van der Waals surface area contributed by atoms with Gasteiger partial charge in [0, 0.05) is 7.05 Å². The van der Waals surface area contributed by atoms with Crippen molar-refractivity contribution < 1.29 is 23.2 Å². The van der Waals surface area contributed by atoms with E-state index in [1.165, 1.54) is 13.2 Å². The summed E-state index contributed by atoms with van der Waals surface area (Å²) in [6.45, 7) is -3.18. The van der Waals surface area contributed by atoms with Crippen LogP contribution in [0.5, 0.6) is 11.5 Å². The molecule has 3 rings (SSSR count). The molecule has 0 fully saturated rings. The quantitative estimate of drug-likeness (QED) is 0.350. The maximum absolute atomic E-state index is 12.6. The molecule has 1 aromatic heterocycles. The first-order chi connectivity index (χ1) is 13.8. The van der Waals surface area contributed by atoms with Gasteiger partial charge in [-0.25, -0.2) is 4.98 Å². The van der Waals surface area contributed by atoms with Crippen molar-refractivity contribution in [2.45, 2.75) is 6.61 Å². The largest absolute Gasteiger partial charge is 0.493 e. The number of nitrogens with zero attached hydrogens (tertiary/aromatic N) is 4. The molecule has 0 atom stereocenters. The van der Waals surface area contributed by atoms with Crippen molar-refractivity contribution in [2.75, 3.05) is 7.11 Å². The summed E-state index contributed by atoms with van der Waals surface area (Å²) in [5, 5.41) is 21.1. The molecule has 10 heteroatoms. The van der Waals surface area contributed by atoms with Gasteiger partial charge in [-0.1, -0.05) is 12.1 Å². The van der Waals surface area contributed by atoms with Crippen LogP contribution in [0.2, 0.25) is 0 Å². The van der Waals surface area contributed by atoms with Gasteiger partial charge in [-0.15, -0.1) is 0 Å². The lowest BCUT2D eigenvalue weighted by Gasteiger charge is -2.11. The molecular formula is C19H14F2N4O4. The van der Waals surface area contributed by atoms with Crippen molar-refractivity contribution in [3.05, 3.63) is 57.9 Å². The van der Waals surface area contributed by atoms with Crippen LogP contribution in [-0.4, -0.2) is 28.2 Å². The van der Waals surface area contributed by atoms with Gasteiger partial charge in [0.2, 0.25) is 0 Å². The van der Waals surface area contributed by atoms with E-state index in [1.54, 1.807) is 23.7 Å². The number of halogens is 2. The van der Waals surface area contributed by atoms with E-state index in [0.717, 1.165) is 17.6 Å². The number of nitro benzene ring substituents is 1. The number of fused-ring (bicyclic) bond motifs is 1. The van der Waals surface area contributed by atoms with Crippen LogP contribution in [0.4, 0.5) is 14.5 Å². The summed E-state index contributed by atoms with van der Waals surface area (Å²) in [7, 11) is 2.92. The van der Waals surface area contributed by atoms with E-state index in [1.807, 2.05) is 18.2 Å². The van der Waals surface area contributed by atoms with Gasteiger partial charge < -0.3 is 14.0 Å². The standard InChI is InChI=1S/C19H14F2N4O4/c1-24-14-6-4-3-5-13(14)23-18(24)12(10-22)7-11-8-16(28-2)17(29-19(20)21)9-15(11)25(26)27/h3-9,19H,1-2H3/b12-7+. The fraction of sp³-hybridized carbons (Fsp3) is 0.158. The smallest absolute Gasteiger partial charge is 0.387 e. The summed E-state index contributed by atoms with van der Waals surface area (Å²) in [5.74, 6) is -0.313. The summed E-state index contributed by atoms with van der Waals surface area (Å²) >= 11 is 0. The Labute approximate surface area is 163 Å². The molecule has 148 valence electrons. The highest BCUT2D eigenvalue weighted by Gasteiger charge is 2.22. The van der Waals surface area contributed by atoms with Gasteiger partial charge in [0.05, 0.1) is 40.3 Å². The van der Waals surface area contributed by atoms with Crippen LogP contribution >= 0.6 is 0 Å². The average Bonchev–Trinajstić information content (AvgIpc) is 3.02. The molecule has 0 saturated carbocycles. The number of hydrogen-bond acceptors (Lipinski definition) is 6. The lowest BCUT2D eigenvalue weighted by atomic mass is 10.1. The summed E-state index contributed by atoms with van der Waals surface area (Å²) in [6, 6.07) is 11.2. The molecule has 0 spiro atoms. The summed E-state index contributed by atoms with van der Waals surface area (Å²) in [4.78, 5) is 15.1. The van der Waals surface area contributed by atoms with E-state index >= 15 is 0 Å². The van der Waals surface area contributed by atoms with Crippen LogP contribution in [0.1, 0.15) is 11.4 Å². The monoisotopic (exact) mass is 400 g/mol. The van der Waals surface area contributed by atoms with Gasteiger partial charge in [-0.05, 0) is 24.3 Å². The lowest BCUT2D eigenvalue weighted by molar-refractivity contribution is -0.385. The number of allylic oxidation sites excluding steroid dienone is 1.